The minimum Gasteiger partial charge on any atom is -0.495 e. The van der Waals surface area contributed by atoms with Crippen LogP contribution in [-0.4, -0.2) is 56.0 Å². The van der Waals surface area contributed by atoms with Crippen molar-refractivity contribution in [3.8, 4) is 22.1 Å². The van der Waals surface area contributed by atoms with E-state index in [1.165, 1.54) is 18.4 Å². The van der Waals surface area contributed by atoms with Crippen molar-refractivity contribution in [2.24, 2.45) is 0 Å². The largest absolute Gasteiger partial charge is 0.495 e. The van der Waals surface area contributed by atoms with Crippen LogP contribution in [0.15, 0.2) is 66.1 Å². The fraction of sp³-hybridized carbons (Fsp3) is 0.231. The summed E-state index contributed by atoms with van der Waals surface area (Å²) in [6, 6.07) is 16.2. The molecule has 3 heterocycles. The predicted octanol–water partition coefficient (Wildman–Crippen LogP) is 4.84. The maximum absolute atomic E-state index is 13.1. The number of hydrogen-bond donors (Lipinski definition) is 1. The molecule has 204 valence electrons. The van der Waals surface area contributed by atoms with Gasteiger partial charge in [0, 0.05) is 5.02 Å². The highest BCUT2D eigenvalue weighted by atomic mass is 35.5. The van der Waals surface area contributed by atoms with E-state index < -0.39 is 19.9 Å². The molecule has 0 amide bonds. The number of halogens is 1. The molecule has 0 atom stereocenters. The summed E-state index contributed by atoms with van der Waals surface area (Å²) in [7, 11) is -5.38. The lowest BCUT2D eigenvalue weighted by Gasteiger charge is -2.18. The minimum atomic E-state index is -3.81. The standard InChI is InChI=1S/C26H25ClN4O5S3/c1-36-23-9-6-20(19-11-14-38(32,33)15-12-19)17-22(23)31-25(24-3-2-13-37-24)28-29-26(31)30-39(34,35)16-10-18-4-7-21(27)8-5-18/h2-9,11,13,17H,10,12,14-16H2,1H3,(H,29,30). The molecule has 0 fully saturated rings. The van der Waals surface area contributed by atoms with Gasteiger partial charge in [-0.25, -0.2) is 16.8 Å². The first kappa shape index (κ1) is 27.4. The smallest absolute Gasteiger partial charge is 0.243 e. The molecule has 4 aromatic rings. The Morgan fingerprint density at radius 2 is 1.92 bits per heavy atom. The van der Waals surface area contributed by atoms with Crippen molar-refractivity contribution >= 4 is 54.3 Å². The van der Waals surface area contributed by atoms with Crippen molar-refractivity contribution in [2.45, 2.75) is 12.8 Å². The summed E-state index contributed by atoms with van der Waals surface area (Å²) in [6.45, 7) is 0. The molecule has 0 unspecified atom stereocenters. The molecule has 5 rings (SSSR count). The molecule has 0 spiro atoms. The van der Waals surface area contributed by atoms with Gasteiger partial charge in [0.15, 0.2) is 15.7 Å². The Labute approximate surface area is 236 Å². The first-order valence-electron chi connectivity index (χ1n) is 12.0. The fourth-order valence-corrected chi connectivity index (χ4v) is 7.24. The van der Waals surface area contributed by atoms with E-state index in [9.17, 15) is 16.8 Å². The third kappa shape index (κ3) is 6.35. The quantitative estimate of drug-likeness (QED) is 0.290. The number of nitrogens with zero attached hydrogens (tertiary/aromatic N) is 3. The molecule has 2 aromatic carbocycles. The summed E-state index contributed by atoms with van der Waals surface area (Å²) < 4.78 is 60.0. The van der Waals surface area contributed by atoms with Crippen LogP contribution in [0.4, 0.5) is 5.95 Å². The lowest BCUT2D eigenvalue weighted by atomic mass is 10.0. The van der Waals surface area contributed by atoms with Gasteiger partial charge in [0.25, 0.3) is 0 Å². The number of rotatable bonds is 9. The number of ether oxygens (including phenoxy) is 1. The summed E-state index contributed by atoms with van der Waals surface area (Å²) in [5.41, 5.74) is 3.06. The number of aryl methyl sites for hydroxylation is 1. The zero-order valence-corrected chi connectivity index (χ0v) is 24.1. The van der Waals surface area contributed by atoms with Crippen LogP contribution in [0.3, 0.4) is 0 Å². The van der Waals surface area contributed by atoms with Crippen LogP contribution in [0.5, 0.6) is 5.75 Å². The maximum atomic E-state index is 13.1. The number of thiophene rings is 1. The summed E-state index contributed by atoms with van der Waals surface area (Å²) >= 11 is 7.38. The second kappa shape index (κ2) is 11.1. The van der Waals surface area contributed by atoms with Crippen LogP contribution in [0.25, 0.3) is 22.0 Å². The molecule has 0 aliphatic carbocycles. The van der Waals surface area contributed by atoms with Crippen molar-refractivity contribution < 1.29 is 21.6 Å². The molecule has 13 heteroatoms. The van der Waals surface area contributed by atoms with Gasteiger partial charge in [0.2, 0.25) is 16.0 Å². The first-order chi connectivity index (χ1) is 18.6. The highest BCUT2D eigenvalue weighted by Gasteiger charge is 2.24. The Balaban J connectivity index is 1.54. The summed E-state index contributed by atoms with van der Waals surface area (Å²) in [5.74, 6) is 0.818. The van der Waals surface area contributed by atoms with E-state index in [-0.39, 0.29) is 29.6 Å². The molecular formula is C26H25ClN4O5S3. The third-order valence-electron chi connectivity index (χ3n) is 6.28. The topological polar surface area (TPSA) is 120 Å². The minimum absolute atomic E-state index is 0.0184. The molecule has 1 aliphatic rings. The Morgan fingerprint density at radius 1 is 1.13 bits per heavy atom. The highest BCUT2D eigenvalue weighted by molar-refractivity contribution is 7.92. The van der Waals surface area contributed by atoms with E-state index in [4.69, 9.17) is 16.3 Å². The zero-order valence-electron chi connectivity index (χ0n) is 20.9. The number of anilines is 1. The second-order valence-electron chi connectivity index (χ2n) is 8.94. The van der Waals surface area contributed by atoms with E-state index in [2.05, 4.69) is 14.9 Å². The van der Waals surface area contributed by atoms with Gasteiger partial charge in [-0.2, -0.15) is 0 Å². The van der Waals surface area contributed by atoms with Crippen LogP contribution >= 0.6 is 22.9 Å². The second-order valence-corrected chi connectivity index (χ2v) is 14.4. The number of aromatic nitrogens is 3. The predicted molar refractivity (Wildman–Crippen MR) is 155 cm³/mol. The van der Waals surface area contributed by atoms with E-state index in [1.807, 2.05) is 29.6 Å². The van der Waals surface area contributed by atoms with Crippen molar-refractivity contribution in [1.82, 2.24) is 14.8 Å². The maximum Gasteiger partial charge on any atom is 0.243 e. The normalized spacial score (nSPS) is 15.1. The van der Waals surface area contributed by atoms with Gasteiger partial charge in [0.1, 0.15) is 5.75 Å². The lowest BCUT2D eigenvalue weighted by Crippen LogP contribution is -2.21. The first-order valence-corrected chi connectivity index (χ1v) is 16.7. The number of sulfone groups is 1. The molecule has 0 saturated heterocycles. The molecule has 9 nitrogen and oxygen atoms in total. The van der Waals surface area contributed by atoms with Crippen LogP contribution in [0.1, 0.15) is 17.5 Å². The van der Waals surface area contributed by atoms with Crippen molar-refractivity contribution in [1.29, 1.82) is 0 Å². The monoisotopic (exact) mass is 604 g/mol. The van der Waals surface area contributed by atoms with E-state index in [0.717, 1.165) is 21.6 Å². The van der Waals surface area contributed by atoms with Crippen molar-refractivity contribution in [3.05, 3.63) is 82.2 Å². The summed E-state index contributed by atoms with van der Waals surface area (Å²) in [5, 5.41) is 11.0. The van der Waals surface area contributed by atoms with E-state index in [0.29, 0.717) is 28.7 Å². The molecule has 0 radical (unpaired) electrons. The molecule has 2 aromatic heterocycles. The Kier molecular flexibility index (Phi) is 7.81. The van der Waals surface area contributed by atoms with Crippen LogP contribution in [0.2, 0.25) is 5.02 Å². The van der Waals surface area contributed by atoms with Gasteiger partial charge in [-0.05, 0) is 65.3 Å². The lowest BCUT2D eigenvalue weighted by molar-refractivity contribution is 0.413. The molecule has 1 N–H and O–H groups in total. The van der Waals surface area contributed by atoms with Gasteiger partial charge >= 0.3 is 0 Å². The molecule has 0 bridgehead atoms. The third-order valence-corrected chi connectivity index (χ3v) is 10.1. The number of methoxy groups -OCH3 is 1. The number of nitrogens with one attached hydrogen (secondary N) is 1. The molecule has 1 aliphatic heterocycles. The Bertz CT molecular complexity index is 1730. The highest BCUT2D eigenvalue weighted by Crippen LogP contribution is 2.36. The Morgan fingerprint density at radius 3 is 2.59 bits per heavy atom. The number of allylic oxidation sites excluding steroid dienone is 1. The molecular weight excluding hydrogens is 580 g/mol. The Hall–Kier alpha value is -3.19. The number of sulfonamides is 1. The van der Waals surface area contributed by atoms with Gasteiger partial charge in [-0.3, -0.25) is 9.29 Å². The summed E-state index contributed by atoms with van der Waals surface area (Å²) in [6.07, 6.45) is 2.39. The van der Waals surface area contributed by atoms with Crippen LogP contribution < -0.4 is 9.46 Å². The SMILES string of the molecule is COc1ccc(C2=CCS(=O)(=O)CC2)cc1-n1c(NS(=O)(=O)CCc2ccc(Cl)cc2)nnc1-c1cccs1. The zero-order chi connectivity index (χ0) is 27.6. The van der Waals surface area contributed by atoms with Crippen LogP contribution in [0, 0.1) is 0 Å². The van der Waals surface area contributed by atoms with Gasteiger partial charge in [-0.1, -0.05) is 41.9 Å². The van der Waals surface area contributed by atoms with Gasteiger partial charge in [-0.15, -0.1) is 21.5 Å². The van der Waals surface area contributed by atoms with Crippen molar-refractivity contribution in [2.75, 3.05) is 29.1 Å². The van der Waals surface area contributed by atoms with E-state index >= 15 is 0 Å². The number of benzene rings is 2. The fourth-order valence-electron chi connectivity index (χ4n) is 4.24. The van der Waals surface area contributed by atoms with Gasteiger partial charge in [0.05, 0.1) is 34.9 Å². The molecule has 39 heavy (non-hydrogen) atoms. The van der Waals surface area contributed by atoms with Crippen LogP contribution in [-0.2, 0) is 26.3 Å². The average molecular weight is 605 g/mol. The summed E-state index contributed by atoms with van der Waals surface area (Å²) in [4.78, 5) is 0.782. The number of hydrogen-bond acceptors (Lipinski definition) is 8. The average Bonchev–Trinajstić information content (AvgIpc) is 3.58. The molecule has 0 saturated carbocycles. The van der Waals surface area contributed by atoms with Crippen molar-refractivity contribution in [3.63, 3.8) is 0 Å². The van der Waals surface area contributed by atoms with E-state index in [1.54, 1.807) is 41.0 Å². The van der Waals surface area contributed by atoms with Gasteiger partial charge < -0.3 is 4.74 Å².